The first-order chi connectivity index (χ1) is 14.0. The average Bonchev–Trinajstić information content (AvgIpc) is 3.23. The van der Waals surface area contributed by atoms with Gasteiger partial charge in [0.05, 0.1) is 30.5 Å². The minimum atomic E-state index is -0.447. The van der Waals surface area contributed by atoms with Crippen LogP contribution in [0.15, 0.2) is 60.6 Å². The number of fused-ring (bicyclic) bond motifs is 1. The smallest absolute Gasteiger partial charge is 0.277 e. The van der Waals surface area contributed by atoms with E-state index < -0.39 is 11.8 Å². The van der Waals surface area contributed by atoms with Gasteiger partial charge in [0.25, 0.3) is 11.8 Å². The molecule has 7 nitrogen and oxygen atoms in total. The summed E-state index contributed by atoms with van der Waals surface area (Å²) in [7, 11) is 0. The molecule has 0 atom stereocenters. The van der Waals surface area contributed by atoms with Gasteiger partial charge in [-0.05, 0) is 42.3 Å². The largest absolute Gasteiger partial charge is 0.395 e. The molecule has 1 aliphatic heterocycles. The second kappa shape index (κ2) is 8.06. The summed E-state index contributed by atoms with van der Waals surface area (Å²) in [6.45, 7) is 0.494. The van der Waals surface area contributed by atoms with Crippen LogP contribution in [0.3, 0.4) is 0 Å². The first-order valence-corrected chi connectivity index (χ1v) is 9.58. The number of aryl methyl sites for hydroxylation is 2. The molecule has 0 radical (unpaired) electrons. The van der Waals surface area contributed by atoms with Crippen LogP contribution in [0.5, 0.6) is 0 Å². The summed E-state index contributed by atoms with van der Waals surface area (Å²) in [6, 6.07) is 13.4. The molecule has 3 aromatic rings. The number of aliphatic hydroxyl groups excluding tert-OH is 1. The Hall–Kier alpha value is -3.16. The molecule has 1 aromatic heterocycles. The van der Waals surface area contributed by atoms with E-state index in [2.05, 4.69) is 14.9 Å². The molecule has 29 heavy (non-hydrogen) atoms. The summed E-state index contributed by atoms with van der Waals surface area (Å²) in [4.78, 5) is 29.6. The third kappa shape index (κ3) is 4.01. The maximum absolute atomic E-state index is 12.3. The Morgan fingerprint density at radius 1 is 1.07 bits per heavy atom. The lowest BCUT2D eigenvalue weighted by Crippen LogP contribution is -2.34. The van der Waals surface area contributed by atoms with Crippen molar-refractivity contribution >= 4 is 40.1 Å². The van der Waals surface area contributed by atoms with Crippen molar-refractivity contribution in [3.8, 4) is 0 Å². The normalized spacial score (nSPS) is 14.0. The number of imidazole rings is 1. The molecule has 2 heterocycles. The number of hydrogen-bond donors (Lipinski definition) is 2. The number of aromatic nitrogens is 2. The van der Waals surface area contributed by atoms with Crippen molar-refractivity contribution in [1.29, 1.82) is 0 Å². The Labute approximate surface area is 172 Å². The molecule has 2 N–H and O–H groups in total. The van der Waals surface area contributed by atoms with E-state index in [1.165, 1.54) is 11.6 Å². The molecule has 0 saturated heterocycles. The summed E-state index contributed by atoms with van der Waals surface area (Å²) < 4.78 is 2.07. The van der Waals surface area contributed by atoms with Crippen molar-refractivity contribution in [3.05, 3.63) is 71.2 Å². The van der Waals surface area contributed by atoms with E-state index in [4.69, 9.17) is 16.7 Å². The van der Waals surface area contributed by atoms with Gasteiger partial charge in [-0.1, -0.05) is 23.7 Å². The topological polar surface area (TPSA) is 87.5 Å². The summed E-state index contributed by atoms with van der Waals surface area (Å²) in [6.07, 6.45) is 3.89. The van der Waals surface area contributed by atoms with Crippen LogP contribution in [0.1, 0.15) is 5.56 Å². The summed E-state index contributed by atoms with van der Waals surface area (Å²) >= 11 is 5.93. The van der Waals surface area contributed by atoms with Crippen molar-refractivity contribution < 1.29 is 14.7 Å². The Kier molecular flexibility index (Phi) is 5.33. The Balaban J connectivity index is 1.47. The van der Waals surface area contributed by atoms with Gasteiger partial charge in [-0.25, -0.2) is 4.98 Å². The second-order valence-corrected chi connectivity index (χ2v) is 7.16. The van der Waals surface area contributed by atoms with Crippen LogP contribution in [0.4, 0.5) is 5.69 Å². The van der Waals surface area contributed by atoms with Gasteiger partial charge in [0, 0.05) is 23.3 Å². The number of rotatable bonds is 7. The quantitative estimate of drug-likeness (QED) is 0.584. The molecule has 1 aliphatic rings. The standard InChI is InChI=1S/C21H19ClN4O3/c22-15-3-1-14(2-4-15)7-8-25-13-23-17-11-16(5-6-19(17)25)24-18-12-20(28)26(9-10-27)21(18)29/h1-6,11-13,24,27H,7-10H2. The van der Waals surface area contributed by atoms with Gasteiger partial charge in [-0.2, -0.15) is 0 Å². The van der Waals surface area contributed by atoms with E-state index in [0.29, 0.717) is 5.69 Å². The Morgan fingerprint density at radius 3 is 2.62 bits per heavy atom. The predicted molar refractivity (Wildman–Crippen MR) is 110 cm³/mol. The molecule has 0 saturated carbocycles. The molecule has 2 amide bonds. The number of anilines is 1. The SMILES string of the molecule is O=C1C=C(Nc2ccc3c(c2)ncn3CCc2ccc(Cl)cc2)C(=O)N1CCO. The third-order valence-electron chi connectivity index (χ3n) is 4.79. The minimum Gasteiger partial charge on any atom is -0.395 e. The maximum atomic E-state index is 12.3. The van der Waals surface area contributed by atoms with E-state index in [1.807, 2.05) is 42.5 Å². The van der Waals surface area contributed by atoms with Crippen molar-refractivity contribution in [1.82, 2.24) is 14.5 Å². The number of benzene rings is 2. The fourth-order valence-corrected chi connectivity index (χ4v) is 3.41. The van der Waals surface area contributed by atoms with Gasteiger partial charge in [0.1, 0.15) is 5.70 Å². The van der Waals surface area contributed by atoms with Crippen LogP contribution in [0, 0.1) is 0 Å². The van der Waals surface area contributed by atoms with Crippen LogP contribution in [-0.2, 0) is 22.6 Å². The summed E-state index contributed by atoms with van der Waals surface area (Å²) in [5.74, 6) is -0.878. The number of carbonyl (C=O) groups excluding carboxylic acids is 2. The fraction of sp³-hybridized carbons (Fsp3) is 0.190. The summed E-state index contributed by atoms with van der Waals surface area (Å²) in [5.41, 5.74) is 3.81. The number of nitrogens with zero attached hydrogens (tertiary/aromatic N) is 3. The molecular formula is C21H19ClN4O3. The lowest BCUT2D eigenvalue weighted by molar-refractivity contribution is -0.137. The van der Waals surface area contributed by atoms with Crippen LogP contribution >= 0.6 is 11.6 Å². The van der Waals surface area contributed by atoms with Crippen LogP contribution in [0.2, 0.25) is 5.02 Å². The number of nitrogens with one attached hydrogen (secondary N) is 1. The Morgan fingerprint density at radius 2 is 1.86 bits per heavy atom. The van der Waals surface area contributed by atoms with Crippen LogP contribution in [0.25, 0.3) is 11.0 Å². The number of amides is 2. The molecule has 0 spiro atoms. The van der Waals surface area contributed by atoms with Gasteiger partial charge in [0.2, 0.25) is 0 Å². The minimum absolute atomic E-state index is 0.0175. The van der Waals surface area contributed by atoms with Crippen molar-refractivity contribution in [2.45, 2.75) is 13.0 Å². The molecule has 0 aliphatic carbocycles. The highest BCUT2D eigenvalue weighted by Crippen LogP contribution is 2.22. The highest BCUT2D eigenvalue weighted by molar-refractivity contribution is 6.30. The predicted octanol–water partition coefficient (Wildman–Crippen LogP) is 2.59. The van der Waals surface area contributed by atoms with Gasteiger partial charge in [-0.15, -0.1) is 0 Å². The van der Waals surface area contributed by atoms with Gasteiger partial charge < -0.3 is 15.0 Å². The van der Waals surface area contributed by atoms with Gasteiger partial charge in [-0.3, -0.25) is 14.5 Å². The van der Waals surface area contributed by atoms with E-state index in [9.17, 15) is 9.59 Å². The number of aliphatic hydroxyl groups is 1. The summed E-state index contributed by atoms with van der Waals surface area (Å²) in [5, 5.41) is 12.7. The average molecular weight is 411 g/mol. The van der Waals surface area contributed by atoms with E-state index in [-0.39, 0.29) is 18.8 Å². The zero-order chi connectivity index (χ0) is 20.4. The number of β-amino-alcohol motifs (C(OH)–C–C–N with tert-alkyl or cyclic N) is 1. The van der Waals surface area contributed by atoms with Gasteiger partial charge >= 0.3 is 0 Å². The van der Waals surface area contributed by atoms with Crippen LogP contribution in [-0.4, -0.2) is 44.5 Å². The van der Waals surface area contributed by atoms with E-state index in [0.717, 1.165) is 33.9 Å². The molecule has 0 unspecified atom stereocenters. The highest BCUT2D eigenvalue weighted by Gasteiger charge is 2.30. The second-order valence-electron chi connectivity index (χ2n) is 6.72. The zero-order valence-corrected chi connectivity index (χ0v) is 16.3. The van der Waals surface area contributed by atoms with E-state index >= 15 is 0 Å². The number of hydrogen-bond acceptors (Lipinski definition) is 5. The number of carbonyl (C=O) groups is 2. The molecule has 8 heteroatoms. The Bertz CT molecular complexity index is 1100. The van der Waals surface area contributed by atoms with Crippen molar-refractivity contribution in [2.24, 2.45) is 0 Å². The molecule has 4 rings (SSSR count). The van der Waals surface area contributed by atoms with Crippen LogP contribution < -0.4 is 5.32 Å². The lowest BCUT2D eigenvalue weighted by atomic mass is 10.1. The third-order valence-corrected chi connectivity index (χ3v) is 5.04. The first kappa shape index (κ1) is 19.2. The monoisotopic (exact) mass is 410 g/mol. The van der Waals surface area contributed by atoms with Gasteiger partial charge in [0.15, 0.2) is 0 Å². The van der Waals surface area contributed by atoms with Crippen molar-refractivity contribution in [3.63, 3.8) is 0 Å². The molecule has 2 aromatic carbocycles. The fourth-order valence-electron chi connectivity index (χ4n) is 3.29. The van der Waals surface area contributed by atoms with E-state index in [1.54, 1.807) is 6.33 Å². The van der Waals surface area contributed by atoms with Crippen molar-refractivity contribution in [2.75, 3.05) is 18.5 Å². The molecular weight excluding hydrogens is 392 g/mol. The maximum Gasteiger partial charge on any atom is 0.277 e. The first-order valence-electron chi connectivity index (χ1n) is 9.20. The number of imide groups is 1. The highest BCUT2D eigenvalue weighted by atomic mass is 35.5. The molecule has 0 bridgehead atoms. The molecule has 0 fully saturated rings. The lowest BCUT2D eigenvalue weighted by Gasteiger charge is -2.13. The zero-order valence-electron chi connectivity index (χ0n) is 15.5. The number of halogens is 1. The molecule has 148 valence electrons.